The molecule has 20 heavy (non-hydrogen) atoms. The molecule has 0 aromatic heterocycles. The van der Waals surface area contributed by atoms with Crippen molar-refractivity contribution in [2.45, 2.75) is 32.2 Å². The molecule has 2 unspecified atom stereocenters. The highest BCUT2D eigenvalue weighted by molar-refractivity contribution is 9.10. The van der Waals surface area contributed by atoms with Gasteiger partial charge in [0, 0.05) is 10.5 Å². The zero-order valence-electron chi connectivity index (χ0n) is 11.8. The van der Waals surface area contributed by atoms with Crippen LogP contribution in [0.4, 0.5) is 0 Å². The first-order chi connectivity index (χ1) is 9.50. The fraction of sp³-hybridized carbons (Fsp3) is 0.600. The van der Waals surface area contributed by atoms with Gasteiger partial charge >= 0.3 is 0 Å². The standard InChI is InChI=1S/C15H22BrNO2S/c1-2-7-17-15(13-6-8-20(18,19)11-13)10-12-4-3-5-14(16)9-12/h3-5,9,13,15,17H,2,6-8,10-11H2,1H3. The third-order valence-corrected chi connectivity index (χ3v) is 6.12. The molecule has 1 heterocycles. The molecule has 112 valence electrons. The molecule has 2 atom stereocenters. The number of sulfone groups is 1. The molecule has 1 aliphatic heterocycles. The number of nitrogens with one attached hydrogen (secondary N) is 1. The molecule has 0 bridgehead atoms. The van der Waals surface area contributed by atoms with Crippen molar-refractivity contribution < 1.29 is 8.42 Å². The molecule has 2 rings (SSSR count). The highest BCUT2D eigenvalue weighted by Crippen LogP contribution is 2.24. The Labute approximate surface area is 130 Å². The van der Waals surface area contributed by atoms with Crippen molar-refractivity contribution in [2.75, 3.05) is 18.1 Å². The quantitative estimate of drug-likeness (QED) is 0.849. The summed E-state index contributed by atoms with van der Waals surface area (Å²) in [6.07, 6.45) is 2.74. The molecule has 0 radical (unpaired) electrons. The minimum absolute atomic E-state index is 0.241. The molecule has 1 aromatic rings. The monoisotopic (exact) mass is 359 g/mol. The lowest BCUT2D eigenvalue weighted by Gasteiger charge is -2.24. The van der Waals surface area contributed by atoms with Crippen LogP contribution in [0.25, 0.3) is 0 Å². The number of rotatable bonds is 6. The van der Waals surface area contributed by atoms with Crippen LogP contribution in [0.15, 0.2) is 28.7 Å². The van der Waals surface area contributed by atoms with Crippen LogP contribution < -0.4 is 5.32 Å². The van der Waals surface area contributed by atoms with Gasteiger partial charge in [-0.2, -0.15) is 0 Å². The number of benzene rings is 1. The summed E-state index contributed by atoms with van der Waals surface area (Å²) in [6.45, 7) is 3.07. The molecule has 1 fully saturated rings. The average Bonchev–Trinajstić information content (AvgIpc) is 2.75. The highest BCUT2D eigenvalue weighted by atomic mass is 79.9. The maximum absolute atomic E-state index is 11.7. The zero-order valence-corrected chi connectivity index (χ0v) is 14.2. The minimum Gasteiger partial charge on any atom is -0.313 e. The molecule has 1 saturated heterocycles. The van der Waals surface area contributed by atoms with E-state index in [0.29, 0.717) is 11.5 Å². The summed E-state index contributed by atoms with van der Waals surface area (Å²) in [6, 6.07) is 8.51. The predicted molar refractivity (Wildman–Crippen MR) is 86.7 cm³/mol. The van der Waals surface area contributed by atoms with Gasteiger partial charge in [0.1, 0.15) is 0 Å². The van der Waals surface area contributed by atoms with Crippen LogP contribution in [-0.4, -0.2) is 32.5 Å². The van der Waals surface area contributed by atoms with E-state index in [1.54, 1.807) is 0 Å². The van der Waals surface area contributed by atoms with Crippen LogP contribution in [0.5, 0.6) is 0 Å². The highest BCUT2D eigenvalue weighted by Gasteiger charge is 2.33. The van der Waals surface area contributed by atoms with E-state index in [1.807, 2.05) is 12.1 Å². The van der Waals surface area contributed by atoms with Crippen molar-refractivity contribution in [3.63, 3.8) is 0 Å². The van der Waals surface area contributed by atoms with Crippen LogP contribution in [0.3, 0.4) is 0 Å². The van der Waals surface area contributed by atoms with Crippen LogP contribution >= 0.6 is 15.9 Å². The lowest BCUT2D eigenvalue weighted by atomic mass is 9.93. The second-order valence-corrected chi connectivity index (χ2v) is 8.70. The Morgan fingerprint density at radius 2 is 2.25 bits per heavy atom. The van der Waals surface area contributed by atoms with Crippen LogP contribution in [-0.2, 0) is 16.3 Å². The van der Waals surface area contributed by atoms with Gasteiger partial charge in [-0.05, 0) is 49.4 Å². The Morgan fingerprint density at radius 3 is 2.85 bits per heavy atom. The summed E-state index contributed by atoms with van der Waals surface area (Å²) in [4.78, 5) is 0. The molecule has 1 N–H and O–H groups in total. The largest absolute Gasteiger partial charge is 0.313 e. The first-order valence-electron chi connectivity index (χ1n) is 7.18. The minimum atomic E-state index is -2.82. The first kappa shape index (κ1) is 16.0. The maximum atomic E-state index is 11.7. The van der Waals surface area contributed by atoms with Gasteiger partial charge in [-0.15, -0.1) is 0 Å². The summed E-state index contributed by atoms with van der Waals surface area (Å²) in [5, 5.41) is 3.54. The smallest absolute Gasteiger partial charge is 0.150 e. The predicted octanol–water partition coefficient (Wildman–Crippen LogP) is 2.79. The first-order valence-corrected chi connectivity index (χ1v) is 9.80. The van der Waals surface area contributed by atoms with Gasteiger partial charge in [-0.1, -0.05) is 35.0 Å². The molecule has 0 aliphatic carbocycles. The summed E-state index contributed by atoms with van der Waals surface area (Å²) < 4.78 is 24.5. The van der Waals surface area contributed by atoms with Gasteiger partial charge in [0.25, 0.3) is 0 Å². The number of halogens is 1. The SMILES string of the molecule is CCCNC(Cc1cccc(Br)c1)C1CCS(=O)(=O)C1. The van der Waals surface area contributed by atoms with Crippen LogP contribution in [0.1, 0.15) is 25.3 Å². The molecule has 5 heteroatoms. The van der Waals surface area contributed by atoms with Crippen LogP contribution in [0, 0.1) is 5.92 Å². The average molecular weight is 360 g/mol. The van der Waals surface area contributed by atoms with Gasteiger partial charge in [-0.3, -0.25) is 0 Å². The van der Waals surface area contributed by atoms with Gasteiger partial charge in [0.2, 0.25) is 0 Å². The number of hydrogen-bond acceptors (Lipinski definition) is 3. The Balaban J connectivity index is 2.07. The molecule has 0 saturated carbocycles. The van der Waals surface area contributed by atoms with Gasteiger partial charge in [-0.25, -0.2) is 8.42 Å². The topological polar surface area (TPSA) is 46.2 Å². The third-order valence-electron chi connectivity index (χ3n) is 3.84. The van der Waals surface area contributed by atoms with Crippen molar-refractivity contribution in [1.82, 2.24) is 5.32 Å². The molecule has 1 aliphatic rings. The Kier molecular flexibility index (Phi) is 5.64. The summed E-state index contributed by atoms with van der Waals surface area (Å²) in [7, 11) is -2.82. The Morgan fingerprint density at radius 1 is 1.45 bits per heavy atom. The van der Waals surface area contributed by atoms with Crippen LogP contribution in [0.2, 0.25) is 0 Å². The molecule has 0 spiro atoms. The normalized spacial score (nSPS) is 22.8. The van der Waals surface area contributed by atoms with Gasteiger partial charge < -0.3 is 5.32 Å². The number of hydrogen-bond donors (Lipinski definition) is 1. The van der Waals surface area contributed by atoms with E-state index >= 15 is 0 Å². The second-order valence-electron chi connectivity index (χ2n) is 5.56. The lowest BCUT2D eigenvalue weighted by Crippen LogP contribution is -2.39. The lowest BCUT2D eigenvalue weighted by molar-refractivity contribution is 0.379. The fourth-order valence-electron chi connectivity index (χ4n) is 2.79. The van der Waals surface area contributed by atoms with Crippen molar-refractivity contribution in [3.8, 4) is 0 Å². The van der Waals surface area contributed by atoms with E-state index in [1.165, 1.54) is 5.56 Å². The maximum Gasteiger partial charge on any atom is 0.150 e. The second kappa shape index (κ2) is 7.05. The van der Waals surface area contributed by atoms with Crippen molar-refractivity contribution >= 4 is 25.8 Å². The molecule has 1 aromatic carbocycles. The Hall–Kier alpha value is -0.390. The molecule has 3 nitrogen and oxygen atoms in total. The fourth-order valence-corrected chi connectivity index (χ4v) is 5.12. The van der Waals surface area contributed by atoms with E-state index in [0.717, 1.165) is 30.3 Å². The van der Waals surface area contributed by atoms with E-state index in [-0.39, 0.29) is 12.0 Å². The summed E-state index contributed by atoms with van der Waals surface area (Å²) >= 11 is 3.49. The Bertz CT molecular complexity index is 545. The molecule has 0 amide bonds. The summed E-state index contributed by atoms with van der Waals surface area (Å²) in [5.74, 6) is 0.925. The van der Waals surface area contributed by atoms with Gasteiger partial charge in [0.15, 0.2) is 9.84 Å². The summed E-state index contributed by atoms with van der Waals surface area (Å²) in [5.41, 5.74) is 1.25. The van der Waals surface area contributed by atoms with Crippen molar-refractivity contribution in [3.05, 3.63) is 34.3 Å². The third kappa shape index (κ3) is 4.57. The van der Waals surface area contributed by atoms with Gasteiger partial charge in [0.05, 0.1) is 11.5 Å². The van der Waals surface area contributed by atoms with E-state index in [9.17, 15) is 8.42 Å². The van der Waals surface area contributed by atoms with E-state index in [4.69, 9.17) is 0 Å². The van der Waals surface area contributed by atoms with Crippen molar-refractivity contribution in [1.29, 1.82) is 0 Å². The van der Waals surface area contributed by atoms with Crippen molar-refractivity contribution in [2.24, 2.45) is 5.92 Å². The molecular formula is C15H22BrNO2S. The van der Waals surface area contributed by atoms with E-state index < -0.39 is 9.84 Å². The van der Waals surface area contributed by atoms with E-state index in [2.05, 4.69) is 40.3 Å². The molecular weight excluding hydrogens is 338 g/mol. The zero-order chi connectivity index (χ0) is 14.6.